The van der Waals surface area contributed by atoms with E-state index in [4.69, 9.17) is 0 Å². The number of carbonyl (C=O) groups is 1. The smallest absolute Gasteiger partial charge is 0.311 e. The molecule has 1 aromatic rings. The van der Waals surface area contributed by atoms with Crippen LogP contribution in [-0.2, 0) is 11.3 Å². The van der Waals surface area contributed by atoms with E-state index in [-0.39, 0.29) is 11.8 Å². The van der Waals surface area contributed by atoms with Crippen LogP contribution in [0.4, 0.5) is 11.4 Å². The molecule has 0 bridgehead atoms. The van der Waals surface area contributed by atoms with Gasteiger partial charge in [0.1, 0.15) is 0 Å². The minimum atomic E-state index is -0.691. The number of nitro groups is 1. The molecule has 20 heavy (non-hydrogen) atoms. The molecule has 0 aromatic carbocycles. The molecule has 0 radical (unpaired) electrons. The number of nitrogens with zero attached hydrogens (tertiary/aromatic N) is 3. The molecular formula is C13H17N3O4. The molecule has 0 unspecified atom stereocenters. The number of hydrogen-bond donors (Lipinski definition) is 0. The second kappa shape index (κ2) is 5.44. The second-order valence-electron chi connectivity index (χ2n) is 5.34. The molecular weight excluding hydrogens is 262 g/mol. The molecule has 0 saturated carbocycles. The van der Waals surface area contributed by atoms with E-state index in [1.54, 1.807) is 6.20 Å². The third-order valence-corrected chi connectivity index (χ3v) is 3.20. The highest BCUT2D eigenvalue weighted by Crippen LogP contribution is 2.23. The van der Waals surface area contributed by atoms with Crippen molar-refractivity contribution in [3.63, 3.8) is 0 Å². The number of aromatic nitrogens is 1. The monoisotopic (exact) mass is 279 g/mol. The molecule has 1 aromatic heterocycles. The molecule has 1 saturated heterocycles. The van der Waals surface area contributed by atoms with Gasteiger partial charge in [-0.15, -0.1) is 0 Å². The minimum absolute atomic E-state index is 0.0611. The van der Waals surface area contributed by atoms with Crippen LogP contribution < -0.4 is 10.5 Å². The molecule has 7 nitrogen and oxygen atoms in total. The molecule has 1 aliphatic rings. The summed E-state index contributed by atoms with van der Waals surface area (Å²) in [5.41, 5.74) is -0.679. The van der Waals surface area contributed by atoms with E-state index in [1.807, 2.05) is 13.8 Å². The van der Waals surface area contributed by atoms with Crippen LogP contribution in [0.25, 0.3) is 0 Å². The standard InChI is InChI=1S/C13H17N3O4/c1-9(2)7-14-8-10(15-5-3-4-12(15)17)6-11(13(14)18)16(19)20/h6,8-9H,3-5,7H2,1-2H3. The number of amides is 1. The van der Waals surface area contributed by atoms with Crippen LogP contribution >= 0.6 is 0 Å². The maximum absolute atomic E-state index is 12.0. The summed E-state index contributed by atoms with van der Waals surface area (Å²) in [6, 6.07) is 1.20. The maximum atomic E-state index is 12.0. The van der Waals surface area contributed by atoms with E-state index in [1.165, 1.54) is 15.5 Å². The van der Waals surface area contributed by atoms with Gasteiger partial charge in [-0.25, -0.2) is 0 Å². The summed E-state index contributed by atoms with van der Waals surface area (Å²) in [4.78, 5) is 35.6. The summed E-state index contributed by atoms with van der Waals surface area (Å²) in [6.45, 7) is 4.77. The Balaban J connectivity index is 2.52. The van der Waals surface area contributed by atoms with Crippen LogP contribution in [0.5, 0.6) is 0 Å². The van der Waals surface area contributed by atoms with Crippen molar-refractivity contribution in [3.8, 4) is 0 Å². The number of pyridine rings is 1. The first-order chi connectivity index (χ1) is 9.40. The highest BCUT2D eigenvalue weighted by molar-refractivity contribution is 5.95. The second-order valence-corrected chi connectivity index (χ2v) is 5.34. The minimum Gasteiger partial charge on any atom is -0.311 e. The summed E-state index contributed by atoms with van der Waals surface area (Å²) < 4.78 is 1.32. The first-order valence-electron chi connectivity index (χ1n) is 6.59. The van der Waals surface area contributed by atoms with Gasteiger partial charge < -0.3 is 9.47 Å². The van der Waals surface area contributed by atoms with Gasteiger partial charge in [-0.3, -0.25) is 19.7 Å². The molecule has 1 aliphatic heterocycles. The molecule has 108 valence electrons. The number of rotatable bonds is 4. The van der Waals surface area contributed by atoms with E-state index in [9.17, 15) is 19.7 Å². The van der Waals surface area contributed by atoms with Gasteiger partial charge in [0.15, 0.2) is 0 Å². The molecule has 2 rings (SSSR count). The quantitative estimate of drug-likeness (QED) is 0.618. The van der Waals surface area contributed by atoms with Gasteiger partial charge >= 0.3 is 11.2 Å². The summed E-state index contributed by atoms with van der Waals surface area (Å²) in [7, 11) is 0. The zero-order valence-corrected chi connectivity index (χ0v) is 11.5. The van der Waals surface area contributed by atoms with Crippen LogP contribution in [0.1, 0.15) is 26.7 Å². The van der Waals surface area contributed by atoms with Crippen molar-refractivity contribution in [1.29, 1.82) is 0 Å². The van der Waals surface area contributed by atoms with Gasteiger partial charge in [-0.2, -0.15) is 0 Å². The first-order valence-corrected chi connectivity index (χ1v) is 6.59. The Kier molecular flexibility index (Phi) is 3.87. The highest BCUT2D eigenvalue weighted by Gasteiger charge is 2.26. The van der Waals surface area contributed by atoms with Gasteiger partial charge in [0.25, 0.3) is 0 Å². The van der Waals surface area contributed by atoms with Gasteiger partial charge in [-0.05, 0) is 12.3 Å². The summed E-state index contributed by atoms with van der Waals surface area (Å²) in [5, 5.41) is 11.0. The van der Waals surface area contributed by atoms with Crippen LogP contribution in [-0.4, -0.2) is 21.9 Å². The number of hydrogen-bond acceptors (Lipinski definition) is 4. The Hall–Kier alpha value is -2.18. The van der Waals surface area contributed by atoms with Gasteiger partial charge in [-0.1, -0.05) is 13.8 Å². The van der Waals surface area contributed by atoms with Gasteiger partial charge in [0.2, 0.25) is 5.91 Å². The lowest BCUT2D eigenvalue weighted by molar-refractivity contribution is -0.386. The van der Waals surface area contributed by atoms with E-state index in [0.717, 1.165) is 6.42 Å². The molecule has 0 atom stereocenters. The van der Waals surface area contributed by atoms with Crippen molar-refractivity contribution in [2.45, 2.75) is 33.2 Å². The fourth-order valence-electron chi connectivity index (χ4n) is 2.33. The molecule has 1 amide bonds. The predicted molar refractivity (Wildman–Crippen MR) is 73.8 cm³/mol. The maximum Gasteiger partial charge on any atom is 0.336 e. The third kappa shape index (κ3) is 2.71. The zero-order chi connectivity index (χ0) is 14.9. The topological polar surface area (TPSA) is 85.4 Å². The summed E-state index contributed by atoms with van der Waals surface area (Å²) in [5.74, 6) is 0.117. The average molecular weight is 279 g/mol. The molecule has 0 aliphatic carbocycles. The van der Waals surface area contributed by atoms with Crippen molar-refractivity contribution in [3.05, 3.63) is 32.7 Å². The Labute approximate surface area is 116 Å². The number of carbonyl (C=O) groups excluding carboxylic acids is 1. The normalized spacial score (nSPS) is 15.2. The highest BCUT2D eigenvalue weighted by atomic mass is 16.6. The summed E-state index contributed by atoms with van der Waals surface area (Å²) >= 11 is 0. The Morgan fingerprint density at radius 2 is 2.10 bits per heavy atom. The van der Waals surface area contributed by atoms with E-state index in [2.05, 4.69) is 0 Å². The predicted octanol–water partition coefficient (Wildman–Crippen LogP) is 1.54. The zero-order valence-electron chi connectivity index (χ0n) is 11.5. The van der Waals surface area contributed by atoms with Crippen LogP contribution in [0.2, 0.25) is 0 Å². The SMILES string of the molecule is CC(C)Cn1cc(N2CCCC2=O)cc([N+](=O)[O-])c1=O. The Morgan fingerprint density at radius 1 is 1.40 bits per heavy atom. The van der Waals surface area contributed by atoms with Crippen molar-refractivity contribution < 1.29 is 9.72 Å². The van der Waals surface area contributed by atoms with E-state index >= 15 is 0 Å². The molecule has 2 heterocycles. The lowest BCUT2D eigenvalue weighted by Gasteiger charge is -2.17. The molecule has 1 fully saturated rings. The fourth-order valence-corrected chi connectivity index (χ4v) is 2.33. The van der Waals surface area contributed by atoms with Crippen molar-refractivity contribution >= 4 is 17.3 Å². The molecule has 0 N–H and O–H groups in total. The molecule has 7 heteroatoms. The van der Waals surface area contributed by atoms with Crippen molar-refractivity contribution in [2.24, 2.45) is 5.92 Å². The van der Waals surface area contributed by atoms with E-state index < -0.39 is 16.2 Å². The third-order valence-electron chi connectivity index (χ3n) is 3.20. The average Bonchev–Trinajstić information content (AvgIpc) is 2.77. The van der Waals surface area contributed by atoms with Crippen LogP contribution in [0.3, 0.4) is 0 Å². The van der Waals surface area contributed by atoms with Crippen molar-refractivity contribution in [2.75, 3.05) is 11.4 Å². The van der Waals surface area contributed by atoms with Crippen LogP contribution in [0, 0.1) is 16.0 Å². The lowest BCUT2D eigenvalue weighted by Crippen LogP contribution is -2.29. The van der Waals surface area contributed by atoms with Gasteiger partial charge in [0.05, 0.1) is 10.6 Å². The van der Waals surface area contributed by atoms with E-state index in [0.29, 0.717) is 25.2 Å². The Morgan fingerprint density at radius 3 is 2.60 bits per heavy atom. The lowest BCUT2D eigenvalue weighted by atomic mass is 10.2. The number of anilines is 1. The van der Waals surface area contributed by atoms with Crippen LogP contribution in [0.15, 0.2) is 17.1 Å². The van der Waals surface area contributed by atoms with Gasteiger partial charge in [0, 0.05) is 31.8 Å². The molecule has 0 spiro atoms. The Bertz CT molecular complexity index is 606. The largest absolute Gasteiger partial charge is 0.336 e. The first kappa shape index (κ1) is 14.2. The fraction of sp³-hybridized carbons (Fsp3) is 0.538. The summed E-state index contributed by atoms with van der Waals surface area (Å²) in [6.07, 6.45) is 2.71. The van der Waals surface area contributed by atoms with Crippen molar-refractivity contribution in [1.82, 2.24) is 4.57 Å².